The molecule has 20 heavy (non-hydrogen) atoms. The fourth-order valence-corrected chi connectivity index (χ4v) is 2.09. The monoisotopic (exact) mass is 280 g/mol. The van der Waals surface area contributed by atoms with Crippen molar-refractivity contribution in [3.05, 3.63) is 29.6 Å². The Balaban J connectivity index is 2.75. The lowest BCUT2D eigenvalue weighted by atomic mass is 9.94. The second-order valence-electron chi connectivity index (χ2n) is 5.22. The first-order chi connectivity index (χ1) is 9.55. The second kappa shape index (κ2) is 7.97. The number of hydrogen-bond acceptors (Lipinski definition) is 4. The third-order valence-electron chi connectivity index (χ3n) is 3.27. The van der Waals surface area contributed by atoms with Crippen LogP contribution < -0.4 is 5.32 Å². The van der Waals surface area contributed by atoms with Gasteiger partial charge in [0.2, 0.25) is 5.91 Å². The molecule has 112 valence electrons. The summed E-state index contributed by atoms with van der Waals surface area (Å²) in [5.41, 5.74) is 0.861. The minimum Gasteiger partial charge on any atom is -0.394 e. The zero-order valence-corrected chi connectivity index (χ0v) is 12.2. The van der Waals surface area contributed by atoms with Crippen LogP contribution in [-0.4, -0.2) is 39.9 Å². The SMILES string of the molecule is CCCCc1ccc(CC(CO)(CO)NC(C)=O)nc1. The van der Waals surface area contributed by atoms with Gasteiger partial charge in [0, 0.05) is 25.2 Å². The number of aliphatic hydroxyl groups is 2. The molecule has 1 amide bonds. The van der Waals surface area contributed by atoms with Crippen LogP contribution in [0.3, 0.4) is 0 Å². The van der Waals surface area contributed by atoms with Crippen molar-refractivity contribution < 1.29 is 15.0 Å². The van der Waals surface area contributed by atoms with E-state index in [1.807, 2.05) is 18.3 Å². The summed E-state index contributed by atoms with van der Waals surface area (Å²) in [5.74, 6) is -0.285. The van der Waals surface area contributed by atoms with Crippen LogP contribution in [0.1, 0.15) is 37.9 Å². The lowest BCUT2D eigenvalue weighted by molar-refractivity contribution is -0.122. The molecular weight excluding hydrogens is 256 g/mol. The first-order valence-corrected chi connectivity index (χ1v) is 6.99. The van der Waals surface area contributed by atoms with Gasteiger partial charge < -0.3 is 15.5 Å². The van der Waals surface area contributed by atoms with Crippen molar-refractivity contribution in [3.8, 4) is 0 Å². The van der Waals surface area contributed by atoms with E-state index in [2.05, 4.69) is 17.2 Å². The molecule has 0 aliphatic carbocycles. The van der Waals surface area contributed by atoms with E-state index in [9.17, 15) is 15.0 Å². The molecule has 0 bridgehead atoms. The third kappa shape index (κ3) is 4.90. The van der Waals surface area contributed by atoms with Crippen molar-refractivity contribution in [2.75, 3.05) is 13.2 Å². The summed E-state index contributed by atoms with van der Waals surface area (Å²) >= 11 is 0. The summed E-state index contributed by atoms with van der Waals surface area (Å²) in [6.45, 7) is 2.85. The first-order valence-electron chi connectivity index (χ1n) is 6.99. The topological polar surface area (TPSA) is 82.5 Å². The highest BCUT2D eigenvalue weighted by molar-refractivity contribution is 5.73. The molecule has 0 fully saturated rings. The molecule has 1 aromatic rings. The predicted molar refractivity (Wildman–Crippen MR) is 77.3 cm³/mol. The quantitative estimate of drug-likeness (QED) is 0.658. The van der Waals surface area contributed by atoms with Crippen molar-refractivity contribution in [3.63, 3.8) is 0 Å². The van der Waals surface area contributed by atoms with Crippen LogP contribution in [0.5, 0.6) is 0 Å². The van der Waals surface area contributed by atoms with E-state index in [-0.39, 0.29) is 19.1 Å². The standard InChI is InChI=1S/C15H24N2O3/c1-3-4-5-13-6-7-14(16-9-13)8-15(10-18,11-19)17-12(2)20/h6-7,9,18-19H,3-5,8,10-11H2,1-2H3,(H,17,20). The number of aliphatic hydroxyl groups excluding tert-OH is 2. The average molecular weight is 280 g/mol. The Morgan fingerprint density at radius 2 is 2.05 bits per heavy atom. The van der Waals surface area contributed by atoms with Gasteiger partial charge in [0.1, 0.15) is 0 Å². The molecule has 0 aliphatic heterocycles. The van der Waals surface area contributed by atoms with E-state index < -0.39 is 5.54 Å². The Hall–Kier alpha value is -1.46. The Kier molecular flexibility index (Phi) is 6.61. The summed E-state index contributed by atoms with van der Waals surface area (Å²) in [4.78, 5) is 15.5. The fourth-order valence-electron chi connectivity index (χ4n) is 2.09. The molecule has 5 heteroatoms. The number of aromatic nitrogens is 1. The number of amides is 1. The van der Waals surface area contributed by atoms with Gasteiger partial charge in [0.25, 0.3) is 0 Å². The largest absolute Gasteiger partial charge is 0.394 e. The van der Waals surface area contributed by atoms with E-state index in [1.165, 1.54) is 12.5 Å². The summed E-state index contributed by atoms with van der Waals surface area (Å²) in [7, 11) is 0. The van der Waals surface area contributed by atoms with Crippen LogP contribution in [0, 0.1) is 0 Å². The zero-order chi connectivity index (χ0) is 15.0. The summed E-state index contributed by atoms with van der Waals surface area (Å²) in [5, 5.41) is 21.5. The summed E-state index contributed by atoms with van der Waals surface area (Å²) in [6, 6.07) is 3.89. The van der Waals surface area contributed by atoms with Crippen molar-refractivity contribution in [2.45, 2.75) is 45.1 Å². The van der Waals surface area contributed by atoms with Crippen LogP contribution >= 0.6 is 0 Å². The van der Waals surface area contributed by atoms with Gasteiger partial charge in [-0.15, -0.1) is 0 Å². The van der Waals surface area contributed by atoms with Gasteiger partial charge in [0.05, 0.1) is 18.8 Å². The molecule has 1 heterocycles. The normalized spacial score (nSPS) is 11.4. The molecular formula is C15H24N2O3. The average Bonchev–Trinajstić information content (AvgIpc) is 2.45. The van der Waals surface area contributed by atoms with Crippen LogP contribution in [0.15, 0.2) is 18.3 Å². The van der Waals surface area contributed by atoms with E-state index in [4.69, 9.17) is 0 Å². The fraction of sp³-hybridized carbons (Fsp3) is 0.600. The Morgan fingerprint density at radius 1 is 1.35 bits per heavy atom. The molecule has 0 saturated heterocycles. The van der Waals surface area contributed by atoms with Gasteiger partial charge in [-0.2, -0.15) is 0 Å². The second-order valence-corrected chi connectivity index (χ2v) is 5.22. The third-order valence-corrected chi connectivity index (χ3v) is 3.27. The highest BCUT2D eigenvalue weighted by Gasteiger charge is 2.30. The summed E-state index contributed by atoms with van der Waals surface area (Å²) < 4.78 is 0. The smallest absolute Gasteiger partial charge is 0.217 e. The number of nitrogens with zero attached hydrogens (tertiary/aromatic N) is 1. The molecule has 0 aromatic carbocycles. The summed E-state index contributed by atoms with van der Waals surface area (Å²) in [6.07, 6.45) is 5.39. The zero-order valence-electron chi connectivity index (χ0n) is 12.2. The van der Waals surface area contributed by atoms with E-state index in [0.29, 0.717) is 6.42 Å². The molecule has 3 N–H and O–H groups in total. The van der Waals surface area contributed by atoms with Crippen LogP contribution in [-0.2, 0) is 17.6 Å². The number of rotatable bonds is 8. The Morgan fingerprint density at radius 3 is 2.50 bits per heavy atom. The first kappa shape index (κ1) is 16.6. The number of carbonyl (C=O) groups excluding carboxylic acids is 1. The van der Waals surface area contributed by atoms with Gasteiger partial charge in [-0.1, -0.05) is 19.4 Å². The van der Waals surface area contributed by atoms with Crippen LogP contribution in [0.25, 0.3) is 0 Å². The van der Waals surface area contributed by atoms with Gasteiger partial charge in [-0.3, -0.25) is 9.78 Å². The molecule has 0 saturated carbocycles. The van der Waals surface area contributed by atoms with E-state index in [1.54, 1.807) is 0 Å². The van der Waals surface area contributed by atoms with Gasteiger partial charge >= 0.3 is 0 Å². The molecule has 0 radical (unpaired) electrons. The van der Waals surface area contributed by atoms with Gasteiger partial charge in [-0.25, -0.2) is 0 Å². The molecule has 5 nitrogen and oxygen atoms in total. The number of unbranched alkanes of at least 4 members (excludes halogenated alkanes) is 1. The lowest BCUT2D eigenvalue weighted by Gasteiger charge is -2.30. The maximum atomic E-state index is 11.2. The highest BCUT2D eigenvalue weighted by Crippen LogP contribution is 2.13. The predicted octanol–water partition coefficient (Wildman–Crippen LogP) is 0.826. The van der Waals surface area contributed by atoms with Crippen molar-refractivity contribution in [2.24, 2.45) is 0 Å². The molecule has 0 aliphatic rings. The minimum absolute atomic E-state index is 0.285. The maximum Gasteiger partial charge on any atom is 0.217 e. The van der Waals surface area contributed by atoms with Crippen molar-refractivity contribution in [1.29, 1.82) is 0 Å². The van der Waals surface area contributed by atoms with Gasteiger partial charge in [0.15, 0.2) is 0 Å². The number of carbonyl (C=O) groups is 1. The Labute approximate surface area is 120 Å². The molecule has 0 unspecified atom stereocenters. The number of hydrogen-bond donors (Lipinski definition) is 3. The number of pyridine rings is 1. The number of aryl methyl sites for hydroxylation is 1. The molecule has 1 aromatic heterocycles. The van der Waals surface area contributed by atoms with E-state index in [0.717, 1.165) is 25.0 Å². The maximum absolute atomic E-state index is 11.2. The highest BCUT2D eigenvalue weighted by atomic mass is 16.3. The van der Waals surface area contributed by atoms with Crippen molar-refractivity contribution in [1.82, 2.24) is 10.3 Å². The Bertz CT molecular complexity index is 414. The molecule has 0 atom stereocenters. The van der Waals surface area contributed by atoms with Gasteiger partial charge in [-0.05, 0) is 24.5 Å². The van der Waals surface area contributed by atoms with Crippen LogP contribution in [0.4, 0.5) is 0 Å². The number of nitrogens with one attached hydrogen (secondary N) is 1. The van der Waals surface area contributed by atoms with Crippen LogP contribution in [0.2, 0.25) is 0 Å². The molecule has 0 spiro atoms. The molecule has 1 rings (SSSR count). The van der Waals surface area contributed by atoms with Crippen molar-refractivity contribution >= 4 is 5.91 Å². The minimum atomic E-state index is -1.05. The van der Waals surface area contributed by atoms with E-state index >= 15 is 0 Å². The lowest BCUT2D eigenvalue weighted by Crippen LogP contribution is -2.55.